The minimum absolute atomic E-state index is 0.0952. The van der Waals surface area contributed by atoms with E-state index in [4.69, 9.17) is 6.42 Å². The van der Waals surface area contributed by atoms with Crippen LogP contribution in [0.15, 0.2) is 48.5 Å². The molecule has 0 radical (unpaired) electrons. The van der Waals surface area contributed by atoms with Crippen LogP contribution in [-0.4, -0.2) is 30.8 Å². The predicted molar refractivity (Wildman–Crippen MR) is 103 cm³/mol. The van der Waals surface area contributed by atoms with E-state index < -0.39 is 0 Å². The number of anilines is 2. The van der Waals surface area contributed by atoms with Crippen molar-refractivity contribution in [3.8, 4) is 12.3 Å². The first-order valence-corrected chi connectivity index (χ1v) is 8.62. The van der Waals surface area contributed by atoms with Gasteiger partial charge in [-0.1, -0.05) is 12.0 Å². The van der Waals surface area contributed by atoms with Crippen LogP contribution < -0.4 is 15.5 Å². The molecule has 27 heavy (non-hydrogen) atoms. The van der Waals surface area contributed by atoms with Crippen LogP contribution in [0.3, 0.4) is 0 Å². The van der Waals surface area contributed by atoms with Gasteiger partial charge in [-0.25, -0.2) is 0 Å². The Labute approximate surface area is 157 Å². The first-order chi connectivity index (χ1) is 13.1. The van der Waals surface area contributed by atoms with Crippen molar-refractivity contribution in [3.63, 3.8) is 0 Å². The predicted octanol–water partition coefficient (Wildman–Crippen LogP) is 2.16. The average Bonchev–Trinajstić information content (AvgIpc) is 3.12. The molecule has 6 heteroatoms. The van der Waals surface area contributed by atoms with Gasteiger partial charge < -0.3 is 15.5 Å². The monoisotopic (exact) mass is 361 g/mol. The molecule has 1 saturated heterocycles. The van der Waals surface area contributed by atoms with Crippen molar-refractivity contribution in [1.82, 2.24) is 5.32 Å². The second-order valence-corrected chi connectivity index (χ2v) is 6.15. The van der Waals surface area contributed by atoms with Crippen LogP contribution in [-0.2, 0) is 9.59 Å². The van der Waals surface area contributed by atoms with Gasteiger partial charge in [0.25, 0.3) is 5.91 Å². The van der Waals surface area contributed by atoms with E-state index in [0.717, 1.165) is 12.1 Å². The molecule has 0 unspecified atom stereocenters. The summed E-state index contributed by atoms with van der Waals surface area (Å²) in [6.07, 6.45) is 6.73. The number of rotatable bonds is 5. The van der Waals surface area contributed by atoms with Gasteiger partial charge in [0.2, 0.25) is 11.8 Å². The fourth-order valence-electron chi connectivity index (χ4n) is 2.87. The molecule has 1 heterocycles. The van der Waals surface area contributed by atoms with Crippen molar-refractivity contribution in [3.05, 3.63) is 59.7 Å². The standard InChI is InChI=1S/C21H19N3O3/c1-2-15-5-3-6-17(13-15)23-19(25)14-22-21(27)16-8-10-18(11-9-16)24-12-4-7-20(24)26/h1,3,5-6,8-11,13H,4,7,12,14H2,(H,22,27)(H,23,25). The number of nitrogens with zero attached hydrogens (tertiary/aromatic N) is 1. The molecule has 3 amide bonds. The molecular weight excluding hydrogens is 342 g/mol. The lowest BCUT2D eigenvalue weighted by Crippen LogP contribution is -2.32. The minimum atomic E-state index is -0.359. The highest BCUT2D eigenvalue weighted by atomic mass is 16.2. The molecule has 2 aromatic rings. The summed E-state index contributed by atoms with van der Waals surface area (Å²) < 4.78 is 0. The molecule has 3 rings (SSSR count). The lowest BCUT2D eigenvalue weighted by molar-refractivity contribution is -0.117. The molecule has 0 atom stereocenters. The molecule has 2 aromatic carbocycles. The molecule has 1 fully saturated rings. The number of hydrogen-bond donors (Lipinski definition) is 2. The summed E-state index contributed by atoms with van der Waals surface area (Å²) in [7, 11) is 0. The molecule has 1 aliphatic rings. The number of benzene rings is 2. The number of hydrogen-bond acceptors (Lipinski definition) is 3. The fraction of sp³-hybridized carbons (Fsp3) is 0.190. The SMILES string of the molecule is C#Cc1cccc(NC(=O)CNC(=O)c2ccc(N3CCCC3=O)cc2)c1. The first kappa shape index (κ1) is 18.2. The van der Waals surface area contributed by atoms with Gasteiger partial charge >= 0.3 is 0 Å². The van der Waals surface area contributed by atoms with Gasteiger partial charge in [0, 0.05) is 35.5 Å². The lowest BCUT2D eigenvalue weighted by atomic mass is 10.2. The molecule has 0 bridgehead atoms. The molecular formula is C21H19N3O3. The van der Waals surface area contributed by atoms with Crippen LogP contribution in [0.25, 0.3) is 0 Å². The van der Waals surface area contributed by atoms with Gasteiger partial charge in [-0.2, -0.15) is 0 Å². The maximum absolute atomic E-state index is 12.2. The third-order valence-electron chi connectivity index (χ3n) is 4.24. The van der Waals surface area contributed by atoms with E-state index in [9.17, 15) is 14.4 Å². The Morgan fingerprint density at radius 1 is 1.15 bits per heavy atom. The van der Waals surface area contributed by atoms with E-state index in [-0.39, 0.29) is 24.3 Å². The Morgan fingerprint density at radius 3 is 2.59 bits per heavy atom. The molecule has 0 aliphatic carbocycles. The van der Waals surface area contributed by atoms with Crippen LogP contribution in [0.4, 0.5) is 11.4 Å². The molecule has 2 N–H and O–H groups in total. The van der Waals surface area contributed by atoms with Gasteiger partial charge in [-0.15, -0.1) is 6.42 Å². The highest BCUT2D eigenvalue weighted by molar-refractivity contribution is 6.00. The smallest absolute Gasteiger partial charge is 0.251 e. The van der Waals surface area contributed by atoms with E-state index >= 15 is 0 Å². The number of carbonyl (C=O) groups is 3. The molecule has 136 valence electrons. The van der Waals surface area contributed by atoms with Crippen LogP contribution in [0.1, 0.15) is 28.8 Å². The summed E-state index contributed by atoms with van der Waals surface area (Å²) in [5, 5.41) is 5.25. The number of terminal acetylenes is 1. The summed E-state index contributed by atoms with van der Waals surface area (Å²) in [5.74, 6) is 1.88. The number of amides is 3. The number of nitrogens with one attached hydrogen (secondary N) is 2. The van der Waals surface area contributed by atoms with Crippen molar-refractivity contribution in [1.29, 1.82) is 0 Å². The zero-order valence-electron chi connectivity index (χ0n) is 14.7. The summed E-state index contributed by atoms with van der Waals surface area (Å²) in [6, 6.07) is 13.7. The van der Waals surface area contributed by atoms with Crippen LogP contribution in [0, 0.1) is 12.3 Å². The second-order valence-electron chi connectivity index (χ2n) is 6.15. The topological polar surface area (TPSA) is 78.5 Å². The van der Waals surface area contributed by atoms with E-state index in [1.54, 1.807) is 53.4 Å². The summed E-state index contributed by atoms with van der Waals surface area (Å²) in [4.78, 5) is 37.7. The fourth-order valence-corrected chi connectivity index (χ4v) is 2.87. The Kier molecular flexibility index (Phi) is 5.53. The average molecular weight is 361 g/mol. The molecule has 0 saturated carbocycles. The largest absolute Gasteiger partial charge is 0.343 e. The van der Waals surface area contributed by atoms with Gasteiger partial charge in [0.15, 0.2) is 0 Å². The van der Waals surface area contributed by atoms with Gasteiger partial charge in [0.1, 0.15) is 0 Å². The van der Waals surface area contributed by atoms with Crippen LogP contribution >= 0.6 is 0 Å². The van der Waals surface area contributed by atoms with Crippen molar-refractivity contribution in [2.24, 2.45) is 0 Å². The zero-order valence-corrected chi connectivity index (χ0v) is 14.7. The second kappa shape index (κ2) is 8.19. The highest BCUT2D eigenvalue weighted by Crippen LogP contribution is 2.21. The Balaban J connectivity index is 1.53. The zero-order chi connectivity index (χ0) is 19.2. The van der Waals surface area contributed by atoms with Crippen molar-refractivity contribution in [2.45, 2.75) is 12.8 Å². The van der Waals surface area contributed by atoms with Gasteiger partial charge in [0.05, 0.1) is 6.54 Å². The summed E-state index contributed by atoms with van der Waals surface area (Å²) in [6.45, 7) is 0.539. The van der Waals surface area contributed by atoms with Crippen LogP contribution in [0.5, 0.6) is 0 Å². The molecule has 6 nitrogen and oxygen atoms in total. The van der Waals surface area contributed by atoms with Gasteiger partial charge in [-0.3, -0.25) is 14.4 Å². The maximum atomic E-state index is 12.2. The summed E-state index contributed by atoms with van der Waals surface area (Å²) >= 11 is 0. The lowest BCUT2D eigenvalue weighted by Gasteiger charge is -2.15. The van der Waals surface area contributed by atoms with E-state index in [2.05, 4.69) is 16.6 Å². The molecule has 1 aliphatic heterocycles. The van der Waals surface area contributed by atoms with E-state index in [0.29, 0.717) is 29.8 Å². The summed E-state index contributed by atoms with van der Waals surface area (Å²) in [5.41, 5.74) is 2.44. The van der Waals surface area contributed by atoms with Crippen molar-refractivity contribution in [2.75, 3.05) is 23.3 Å². The Morgan fingerprint density at radius 2 is 1.93 bits per heavy atom. The molecule has 0 aromatic heterocycles. The third-order valence-corrected chi connectivity index (χ3v) is 4.24. The Hall–Kier alpha value is -3.59. The van der Waals surface area contributed by atoms with E-state index in [1.165, 1.54) is 0 Å². The van der Waals surface area contributed by atoms with E-state index in [1.807, 2.05) is 0 Å². The molecule has 0 spiro atoms. The normalized spacial score (nSPS) is 13.1. The van der Waals surface area contributed by atoms with Crippen molar-refractivity contribution >= 4 is 29.1 Å². The van der Waals surface area contributed by atoms with Crippen molar-refractivity contribution < 1.29 is 14.4 Å². The third kappa shape index (κ3) is 4.53. The maximum Gasteiger partial charge on any atom is 0.251 e. The quantitative estimate of drug-likeness (QED) is 0.801. The van der Waals surface area contributed by atoms with Crippen LogP contribution in [0.2, 0.25) is 0 Å². The first-order valence-electron chi connectivity index (χ1n) is 8.62. The van der Waals surface area contributed by atoms with Gasteiger partial charge in [-0.05, 0) is 48.9 Å². The Bertz CT molecular complexity index is 913. The minimum Gasteiger partial charge on any atom is -0.343 e. The highest BCUT2D eigenvalue weighted by Gasteiger charge is 2.21. The number of carbonyl (C=O) groups excluding carboxylic acids is 3.